The van der Waals surface area contributed by atoms with E-state index in [0.29, 0.717) is 5.82 Å². The van der Waals surface area contributed by atoms with Crippen LogP contribution in [0.2, 0.25) is 0 Å². The number of carbonyl (C=O) groups excluding carboxylic acids is 1. The Hall–Kier alpha value is -3.21. The molecule has 1 N–H and O–H groups in total. The van der Waals surface area contributed by atoms with Crippen LogP contribution in [0.3, 0.4) is 0 Å². The minimum absolute atomic E-state index is 0.0314. The van der Waals surface area contributed by atoms with E-state index < -0.39 is 0 Å². The molecule has 1 atom stereocenters. The first-order valence-corrected chi connectivity index (χ1v) is 9.84. The number of nitrogens with one attached hydrogen (secondary N) is 1. The van der Waals surface area contributed by atoms with Gasteiger partial charge in [-0.15, -0.1) is 0 Å². The largest absolute Gasteiger partial charge is 0.358 e. The van der Waals surface area contributed by atoms with Crippen LogP contribution in [0.5, 0.6) is 0 Å². The Bertz CT molecular complexity index is 1150. The van der Waals surface area contributed by atoms with Crippen molar-refractivity contribution in [2.24, 2.45) is 0 Å². The number of benzene rings is 2. The third-order valence-corrected chi connectivity index (χ3v) is 5.49. The van der Waals surface area contributed by atoms with Gasteiger partial charge in [-0.3, -0.25) is 4.79 Å². The number of para-hydroxylation sites is 1. The zero-order valence-electron chi connectivity index (χ0n) is 16.8. The van der Waals surface area contributed by atoms with Crippen molar-refractivity contribution >= 4 is 16.7 Å². The maximum Gasteiger partial charge on any atom is 0.199 e. The number of halogens is 1. The van der Waals surface area contributed by atoms with Gasteiger partial charge in [-0.1, -0.05) is 30.3 Å². The Kier molecular flexibility index (Phi) is 5.05. The molecule has 0 aliphatic rings. The topological polar surface area (TPSA) is 50.7 Å². The number of H-pyrrole nitrogens is 1. The van der Waals surface area contributed by atoms with Crippen molar-refractivity contribution < 1.29 is 9.18 Å². The van der Waals surface area contributed by atoms with Crippen molar-refractivity contribution in [2.75, 3.05) is 0 Å². The van der Waals surface area contributed by atoms with Crippen LogP contribution in [0.4, 0.5) is 4.39 Å². The lowest BCUT2D eigenvalue weighted by atomic mass is 9.88. The Morgan fingerprint density at radius 2 is 1.86 bits per heavy atom. The molecule has 0 aliphatic carbocycles. The molecule has 0 saturated heterocycles. The summed E-state index contributed by atoms with van der Waals surface area (Å²) in [7, 11) is 0. The summed E-state index contributed by atoms with van der Waals surface area (Å²) in [5.41, 5.74) is 4.02. The molecule has 4 rings (SSSR count). The second-order valence-corrected chi connectivity index (χ2v) is 7.69. The van der Waals surface area contributed by atoms with Crippen molar-refractivity contribution in [3.63, 3.8) is 0 Å². The van der Waals surface area contributed by atoms with Crippen LogP contribution in [-0.2, 0) is 0 Å². The molecular formula is C24H24FN3O. The summed E-state index contributed by atoms with van der Waals surface area (Å²) in [6, 6.07) is 14.6. The first kappa shape index (κ1) is 19.1. The van der Waals surface area contributed by atoms with E-state index in [-0.39, 0.29) is 30.0 Å². The zero-order chi connectivity index (χ0) is 20.5. The number of nitrogens with zero attached hydrogens (tertiary/aromatic N) is 2. The van der Waals surface area contributed by atoms with Crippen LogP contribution in [0.15, 0.2) is 60.9 Å². The SMILES string of the molecule is Cc1c([C@@H](CC(=O)c2nccn2C(C)C)c2ccc(F)cc2)[nH]c2ccccc12. The molecule has 0 saturated carbocycles. The highest BCUT2D eigenvalue weighted by atomic mass is 19.1. The van der Waals surface area contributed by atoms with Crippen LogP contribution in [-0.4, -0.2) is 20.3 Å². The van der Waals surface area contributed by atoms with Gasteiger partial charge in [0.05, 0.1) is 0 Å². The van der Waals surface area contributed by atoms with Crippen molar-refractivity contribution in [3.05, 3.63) is 89.4 Å². The molecule has 4 aromatic rings. The molecule has 4 nitrogen and oxygen atoms in total. The molecule has 0 aliphatic heterocycles. The van der Waals surface area contributed by atoms with Crippen molar-refractivity contribution in [3.8, 4) is 0 Å². The maximum atomic E-state index is 13.5. The predicted octanol–water partition coefficient (Wildman–Crippen LogP) is 5.80. The van der Waals surface area contributed by atoms with Crippen molar-refractivity contribution in [1.29, 1.82) is 0 Å². The second kappa shape index (κ2) is 7.66. The molecular weight excluding hydrogens is 365 g/mol. The van der Waals surface area contributed by atoms with Gasteiger partial charge >= 0.3 is 0 Å². The summed E-state index contributed by atoms with van der Waals surface area (Å²) in [5.74, 6) is -0.0766. The van der Waals surface area contributed by atoms with Gasteiger partial charge in [-0.05, 0) is 50.1 Å². The monoisotopic (exact) mass is 389 g/mol. The fraction of sp³-hybridized carbons (Fsp3) is 0.250. The summed E-state index contributed by atoms with van der Waals surface area (Å²) in [6.45, 7) is 6.11. The molecule has 5 heteroatoms. The van der Waals surface area contributed by atoms with Gasteiger partial charge in [-0.2, -0.15) is 0 Å². The number of hydrogen-bond donors (Lipinski definition) is 1. The predicted molar refractivity (Wildman–Crippen MR) is 113 cm³/mol. The standard InChI is InChI=1S/C24H24FN3O/c1-15(2)28-13-12-26-24(28)22(29)14-20(17-8-10-18(25)11-9-17)23-16(3)19-6-4-5-7-21(19)27-23/h4-13,15,20,27H,14H2,1-3H3/t20-/m0/s1. The van der Waals surface area contributed by atoms with Gasteiger partial charge < -0.3 is 9.55 Å². The minimum atomic E-state index is -0.289. The summed E-state index contributed by atoms with van der Waals surface area (Å²) in [5, 5.41) is 1.13. The van der Waals surface area contributed by atoms with Gasteiger partial charge in [0.1, 0.15) is 5.82 Å². The maximum absolute atomic E-state index is 13.5. The summed E-state index contributed by atoms with van der Waals surface area (Å²) < 4.78 is 15.4. The van der Waals surface area contributed by atoms with E-state index in [9.17, 15) is 9.18 Å². The van der Waals surface area contributed by atoms with E-state index in [0.717, 1.165) is 27.7 Å². The van der Waals surface area contributed by atoms with Crippen LogP contribution in [0.25, 0.3) is 10.9 Å². The normalized spacial score (nSPS) is 12.6. The average Bonchev–Trinajstić information content (AvgIpc) is 3.33. The van der Waals surface area contributed by atoms with E-state index in [2.05, 4.69) is 23.0 Å². The Morgan fingerprint density at radius 3 is 2.55 bits per heavy atom. The smallest absolute Gasteiger partial charge is 0.199 e. The quantitative estimate of drug-likeness (QED) is 0.424. The first-order valence-electron chi connectivity index (χ1n) is 9.84. The third kappa shape index (κ3) is 3.60. The molecule has 0 bridgehead atoms. The van der Waals surface area contributed by atoms with E-state index in [1.54, 1.807) is 18.3 Å². The fourth-order valence-corrected chi connectivity index (χ4v) is 3.96. The zero-order valence-corrected chi connectivity index (χ0v) is 16.8. The van der Waals surface area contributed by atoms with Crippen molar-refractivity contribution in [2.45, 2.75) is 39.2 Å². The second-order valence-electron chi connectivity index (χ2n) is 7.69. The highest BCUT2D eigenvalue weighted by molar-refractivity contribution is 5.94. The molecule has 148 valence electrons. The Labute approximate surface area is 169 Å². The summed E-state index contributed by atoms with van der Waals surface area (Å²) in [4.78, 5) is 21.0. The number of aryl methyl sites for hydroxylation is 1. The van der Waals surface area contributed by atoms with Gasteiger partial charge in [0.25, 0.3) is 0 Å². The number of fused-ring (bicyclic) bond motifs is 1. The van der Waals surface area contributed by atoms with E-state index in [4.69, 9.17) is 0 Å². The Morgan fingerprint density at radius 1 is 1.14 bits per heavy atom. The van der Waals surface area contributed by atoms with Crippen LogP contribution >= 0.6 is 0 Å². The molecule has 2 aromatic carbocycles. The molecule has 0 unspecified atom stereocenters. The Balaban J connectivity index is 1.78. The molecule has 29 heavy (non-hydrogen) atoms. The number of Topliss-reactive ketones (excluding diaryl/α,β-unsaturated/α-hetero) is 1. The number of aromatic amines is 1. The molecule has 2 aromatic heterocycles. The highest BCUT2D eigenvalue weighted by Crippen LogP contribution is 2.34. The van der Waals surface area contributed by atoms with Gasteiger partial charge in [0.2, 0.25) is 0 Å². The lowest BCUT2D eigenvalue weighted by Gasteiger charge is -2.18. The third-order valence-electron chi connectivity index (χ3n) is 5.49. The number of imidazole rings is 1. The minimum Gasteiger partial charge on any atom is -0.358 e. The molecule has 0 radical (unpaired) electrons. The average molecular weight is 389 g/mol. The number of carbonyl (C=O) groups is 1. The van der Waals surface area contributed by atoms with E-state index in [1.165, 1.54) is 12.1 Å². The van der Waals surface area contributed by atoms with Crippen LogP contribution < -0.4 is 0 Å². The van der Waals surface area contributed by atoms with E-state index >= 15 is 0 Å². The number of hydrogen-bond acceptors (Lipinski definition) is 2. The first-order chi connectivity index (χ1) is 14.0. The molecule has 2 heterocycles. The van der Waals surface area contributed by atoms with Gasteiger partial charge in [0.15, 0.2) is 11.6 Å². The van der Waals surface area contributed by atoms with Gasteiger partial charge in [0, 0.05) is 47.4 Å². The van der Waals surface area contributed by atoms with Crippen LogP contribution in [0.1, 0.15) is 59.7 Å². The number of aromatic nitrogens is 3. The molecule has 0 amide bonds. The lowest BCUT2D eigenvalue weighted by Crippen LogP contribution is -2.16. The highest BCUT2D eigenvalue weighted by Gasteiger charge is 2.25. The number of rotatable bonds is 6. The van der Waals surface area contributed by atoms with Crippen LogP contribution in [0, 0.1) is 12.7 Å². The fourth-order valence-electron chi connectivity index (χ4n) is 3.96. The lowest BCUT2D eigenvalue weighted by molar-refractivity contribution is 0.0961. The van der Waals surface area contributed by atoms with E-state index in [1.807, 2.05) is 42.8 Å². The van der Waals surface area contributed by atoms with Crippen molar-refractivity contribution in [1.82, 2.24) is 14.5 Å². The number of ketones is 1. The summed E-state index contributed by atoms with van der Waals surface area (Å²) >= 11 is 0. The molecule has 0 spiro atoms. The van der Waals surface area contributed by atoms with Gasteiger partial charge in [-0.25, -0.2) is 9.37 Å². The summed E-state index contributed by atoms with van der Waals surface area (Å²) in [6.07, 6.45) is 3.75. The molecule has 0 fully saturated rings.